The highest BCUT2D eigenvalue weighted by atomic mass is 35.5. The molecule has 2 heterocycles. The Morgan fingerprint density at radius 2 is 1.64 bits per heavy atom. The number of sulfonamides is 1. The van der Waals surface area contributed by atoms with Gasteiger partial charge in [-0.1, -0.05) is 68.2 Å². The molecule has 0 fully saturated rings. The van der Waals surface area contributed by atoms with Crippen LogP contribution in [0.1, 0.15) is 20.8 Å². The van der Waals surface area contributed by atoms with E-state index < -0.39 is 27.4 Å². The maximum atomic E-state index is 14.1. The molecule has 1 N–H and O–H groups in total. The molecule has 0 saturated heterocycles. The van der Waals surface area contributed by atoms with Crippen molar-refractivity contribution in [3.05, 3.63) is 95.2 Å². The predicted molar refractivity (Wildman–Crippen MR) is 156 cm³/mol. The fourth-order valence-electron chi connectivity index (χ4n) is 4.79. The summed E-state index contributed by atoms with van der Waals surface area (Å²) in [6.07, 6.45) is 3.60. The summed E-state index contributed by atoms with van der Waals surface area (Å²) in [5.74, 6) is -0.552. The molecular weight excluding hydrogens is 557 g/mol. The van der Waals surface area contributed by atoms with Crippen LogP contribution in [0.3, 0.4) is 0 Å². The lowest BCUT2D eigenvalue weighted by molar-refractivity contribution is -0.140. The number of hydrogen-bond acceptors (Lipinski definition) is 4. The molecule has 0 aliphatic rings. The Labute approximate surface area is 236 Å². The van der Waals surface area contributed by atoms with Gasteiger partial charge in [-0.25, -0.2) is 18.2 Å². The van der Waals surface area contributed by atoms with Crippen LogP contribution in [-0.4, -0.2) is 35.1 Å². The number of aliphatic carboxylic acids is 1. The number of carboxylic acids is 1. The number of anilines is 1. The van der Waals surface area contributed by atoms with E-state index in [0.29, 0.717) is 5.39 Å². The monoisotopic (exact) mass is 581 g/mol. The van der Waals surface area contributed by atoms with Crippen LogP contribution in [0.15, 0.2) is 90.1 Å². The Hall–Kier alpha value is -3.59. The second kappa shape index (κ2) is 9.86. The minimum absolute atomic E-state index is 0.124. The van der Waals surface area contributed by atoms with Crippen molar-refractivity contribution in [3.63, 3.8) is 0 Å². The minimum atomic E-state index is -4.40. The number of fused-ring (bicyclic) bond motifs is 2. The third kappa shape index (κ3) is 4.95. The first kappa shape index (κ1) is 27.0. The maximum Gasteiger partial charge on any atom is 0.328 e. The second-order valence-corrected chi connectivity index (χ2v) is 13.0. The average molecular weight is 583 g/mol. The predicted octanol–water partition coefficient (Wildman–Crippen LogP) is 7.18. The third-order valence-electron chi connectivity index (χ3n) is 6.49. The molecule has 5 rings (SSSR count). The van der Waals surface area contributed by atoms with Crippen molar-refractivity contribution in [2.24, 2.45) is 5.41 Å². The van der Waals surface area contributed by atoms with Crippen LogP contribution in [0.2, 0.25) is 10.0 Å². The summed E-state index contributed by atoms with van der Waals surface area (Å²) < 4.78 is 31.0. The van der Waals surface area contributed by atoms with E-state index in [1.54, 1.807) is 45.2 Å². The summed E-state index contributed by atoms with van der Waals surface area (Å²) in [4.78, 5) is 17.0. The lowest BCUT2D eigenvalue weighted by atomic mass is 9.86. The molecule has 0 spiro atoms. The number of halogens is 2. The first-order chi connectivity index (χ1) is 18.4. The molecule has 3 aromatic carbocycles. The highest BCUT2D eigenvalue weighted by Gasteiger charge is 2.43. The summed E-state index contributed by atoms with van der Waals surface area (Å²) in [5, 5.41) is 13.2. The summed E-state index contributed by atoms with van der Waals surface area (Å²) >= 11 is 12.3. The zero-order valence-corrected chi connectivity index (χ0v) is 23.7. The normalized spacial score (nSPS) is 13.1. The third-order valence-corrected chi connectivity index (χ3v) is 8.70. The quantitative estimate of drug-likeness (QED) is 0.229. The van der Waals surface area contributed by atoms with E-state index in [1.165, 1.54) is 18.2 Å². The Morgan fingerprint density at radius 1 is 0.949 bits per heavy atom. The van der Waals surface area contributed by atoms with Gasteiger partial charge in [-0.05, 0) is 59.3 Å². The minimum Gasteiger partial charge on any atom is -0.480 e. The van der Waals surface area contributed by atoms with E-state index in [2.05, 4.69) is 4.98 Å². The van der Waals surface area contributed by atoms with Crippen LogP contribution in [0, 0.1) is 5.41 Å². The lowest BCUT2D eigenvalue weighted by Gasteiger charge is -2.37. The molecule has 2 aromatic heterocycles. The van der Waals surface area contributed by atoms with Gasteiger partial charge in [0.1, 0.15) is 11.9 Å². The van der Waals surface area contributed by atoms with Gasteiger partial charge >= 0.3 is 5.97 Å². The van der Waals surface area contributed by atoms with Gasteiger partial charge in [0.15, 0.2) is 0 Å². The number of carboxylic acid groups (broad SMARTS) is 1. The van der Waals surface area contributed by atoms with Crippen molar-refractivity contribution in [1.82, 2.24) is 9.55 Å². The second-order valence-electron chi connectivity index (χ2n) is 10.3. The maximum absolute atomic E-state index is 14.1. The molecule has 39 heavy (non-hydrogen) atoms. The molecule has 7 nitrogen and oxygen atoms in total. The molecule has 1 unspecified atom stereocenters. The zero-order chi connectivity index (χ0) is 28.1. The molecule has 0 bridgehead atoms. The fraction of sp³-hybridized carbons (Fsp3) is 0.172. The van der Waals surface area contributed by atoms with Gasteiger partial charge in [0.2, 0.25) is 0 Å². The van der Waals surface area contributed by atoms with Crippen molar-refractivity contribution >= 4 is 66.6 Å². The van der Waals surface area contributed by atoms with Crippen molar-refractivity contribution in [1.29, 1.82) is 0 Å². The zero-order valence-electron chi connectivity index (χ0n) is 21.3. The lowest BCUT2D eigenvalue weighted by Crippen LogP contribution is -2.52. The number of benzene rings is 3. The first-order valence-electron chi connectivity index (χ1n) is 12.1. The van der Waals surface area contributed by atoms with E-state index in [1.807, 2.05) is 47.2 Å². The van der Waals surface area contributed by atoms with Crippen LogP contribution in [-0.2, 0) is 14.8 Å². The topological polar surface area (TPSA) is 92.5 Å². The number of aromatic nitrogens is 2. The van der Waals surface area contributed by atoms with Crippen molar-refractivity contribution < 1.29 is 18.3 Å². The number of carbonyl (C=O) groups is 1. The largest absolute Gasteiger partial charge is 0.480 e. The highest BCUT2D eigenvalue weighted by molar-refractivity contribution is 7.93. The molecular formula is C29H25Cl2N3O4S. The van der Waals surface area contributed by atoms with Crippen molar-refractivity contribution in [2.45, 2.75) is 31.7 Å². The Balaban J connectivity index is 1.71. The van der Waals surface area contributed by atoms with E-state index >= 15 is 0 Å². The Bertz CT molecular complexity index is 1820. The average Bonchev–Trinajstić information content (AvgIpc) is 3.28. The van der Waals surface area contributed by atoms with Crippen LogP contribution >= 0.6 is 23.2 Å². The van der Waals surface area contributed by atoms with Crippen LogP contribution < -0.4 is 4.31 Å². The number of rotatable bonds is 6. The molecule has 0 amide bonds. The molecule has 0 aliphatic carbocycles. The van der Waals surface area contributed by atoms with Gasteiger partial charge in [0, 0.05) is 33.2 Å². The van der Waals surface area contributed by atoms with Crippen LogP contribution in [0.4, 0.5) is 5.69 Å². The van der Waals surface area contributed by atoms with E-state index in [4.69, 9.17) is 23.2 Å². The van der Waals surface area contributed by atoms with Crippen LogP contribution in [0.5, 0.6) is 0 Å². The van der Waals surface area contributed by atoms with Gasteiger partial charge in [0.25, 0.3) is 10.0 Å². The Kier molecular flexibility index (Phi) is 6.83. The molecule has 200 valence electrons. The SMILES string of the molecule is CC(C)(C)C(C(=O)O)N(c1ccc2c(ccn2-c2nccc3ccccc23)c1)S(=O)(=O)c1cc(Cl)cc(Cl)c1. The summed E-state index contributed by atoms with van der Waals surface area (Å²) in [6, 6.07) is 19.2. The summed E-state index contributed by atoms with van der Waals surface area (Å²) in [7, 11) is -4.40. The number of pyridine rings is 1. The van der Waals surface area contributed by atoms with Crippen molar-refractivity contribution in [2.75, 3.05) is 4.31 Å². The molecule has 1 atom stereocenters. The van der Waals surface area contributed by atoms with E-state index in [-0.39, 0.29) is 20.6 Å². The van der Waals surface area contributed by atoms with Gasteiger partial charge < -0.3 is 9.67 Å². The van der Waals surface area contributed by atoms with E-state index in [0.717, 1.165) is 26.4 Å². The number of hydrogen-bond donors (Lipinski definition) is 1. The molecule has 10 heteroatoms. The Morgan fingerprint density at radius 3 is 2.31 bits per heavy atom. The summed E-state index contributed by atoms with van der Waals surface area (Å²) in [6.45, 7) is 5.04. The van der Waals surface area contributed by atoms with Gasteiger partial charge in [-0.15, -0.1) is 0 Å². The number of nitrogens with zero attached hydrogens (tertiary/aromatic N) is 3. The van der Waals surface area contributed by atoms with Gasteiger partial charge in [-0.2, -0.15) is 0 Å². The van der Waals surface area contributed by atoms with Gasteiger partial charge in [-0.3, -0.25) is 4.31 Å². The van der Waals surface area contributed by atoms with Gasteiger partial charge in [0.05, 0.1) is 16.1 Å². The highest BCUT2D eigenvalue weighted by Crippen LogP contribution is 2.37. The fourth-order valence-corrected chi connectivity index (χ4v) is 7.30. The molecule has 5 aromatic rings. The summed E-state index contributed by atoms with van der Waals surface area (Å²) in [5.41, 5.74) is 0.0209. The molecule has 0 aliphatic heterocycles. The molecule has 0 saturated carbocycles. The first-order valence-corrected chi connectivity index (χ1v) is 14.3. The van der Waals surface area contributed by atoms with E-state index in [9.17, 15) is 18.3 Å². The standard InChI is InChI=1S/C29H25Cl2N3O4S/c1-29(2,3)26(28(35)36)34(39(37,38)23-16-20(30)15-21(31)17-23)22-8-9-25-19(14-22)11-13-33(25)27-24-7-5-4-6-18(24)10-12-32-27/h4-17,26H,1-3H3,(H,35,36). The smallest absolute Gasteiger partial charge is 0.328 e. The van der Waals surface area contributed by atoms with Crippen molar-refractivity contribution in [3.8, 4) is 5.82 Å². The van der Waals surface area contributed by atoms with Crippen LogP contribution in [0.25, 0.3) is 27.5 Å². The molecule has 0 radical (unpaired) electrons.